The Morgan fingerprint density at radius 1 is 1.00 bits per heavy atom. The molecule has 138 valence electrons. The zero-order chi connectivity index (χ0) is 18.9. The van der Waals surface area contributed by atoms with Gasteiger partial charge in [-0.25, -0.2) is 0 Å². The molecule has 2 rings (SSSR count). The summed E-state index contributed by atoms with van der Waals surface area (Å²) in [5.41, 5.74) is 2.44. The maximum atomic E-state index is 12.3. The molecule has 0 aliphatic carbocycles. The van der Waals surface area contributed by atoms with Gasteiger partial charge in [0, 0.05) is 5.69 Å². The summed E-state index contributed by atoms with van der Waals surface area (Å²) in [5.74, 6) is 0.253. The fourth-order valence-electron chi connectivity index (χ4n) is 2.55. The third-order valence-electron chi connectivity index (χ3n) is 3.86. The van der Waals surface area contributed by atoms with E-state index in [0.29, 0.717) is 18.0 Å². The van der Waals surface area contributed by atoms with Crippen LogP contribution in [0.25, 0.3) is 0 Å². The SMILES string of the molecule is CCN(CC(=O)Nc1cccc(C)c1)CC(=O)Nc1ccccc1OC. The standard InChI is InChI=1S/C20H25N3O3/c1-4-23(13-19(24)21-16-9-7-8-15(2)12-16)14-20(25)22-17-10-5-6-11-18(17)26-3/h5-12H,4,13-14H2,1-3H3,(H,21,24)(H,22,25). The smallest absolute Gasteiger partial charge is 0.238 e. The number of ether oxygens (including phenoxy) is 1. The molecular weight excluding hydrogens is 330 g/mol. The summed E-state index contributed by atoms with van der Waals surface area (Å²) < 4.78 is 5.23. The molecule has 2 N–H and O–H groups in total. The highest BCUT2D eigenvalue weighted by molar-refractivity contribution is 5.95. The van der Waals surface area contributed by atoms with E-state index in [4.69, 9.17) is 4.74 Å². The largest absolute Gasteiger partial charge is 0.495 e. The summed E-state index contributed by atoms with van der Waals surface area (Å²) in [5, 5.41) is 5.68. The number of nitrogens with zero attached hydrogens (tertiary/aromatic N) is 1. The third kappa shape index (κ3) is 5.89. The summed E-state index contributed by atoms with van der Waals surface area (Å²) in [4.78, 5) is 26.3. The molecule has 0 heterocycles. The van der Waals surface area contributed by atoms with Crippen LogP contribution >= 0.6 is 0 Å². The van der Waals surface area contributed by atoms with Crippen molar-refractivity contribution in [2.45, 2.75) is 13.8 Å². The van der Waals surface area contributed by atoms with Gasteiger partial charge >= 0.3 is 0 Å². The Bertz CT molecular complexity index is 761. The van der Waals surface area contributed by atoms with E-state index < -0.39 is 0 Å². The number of carbonyl (C=O) groups is 2. The molecule has 0 bridgehead atoms. The minimum atomic E-state index is -0.195. The number of nitrogens with one attached hydrogen (secondary N) is 2. The van der Waals surface area contributed by atoms with Crippen molar-refractivity contribution in [3.8, 4) is 5.75 Å². The van der Waals surface area contributed by atoms with Crippen LogP contribution in [-0.2, 0) is 9.59 Å². The van der Waals surface area contributed by atoms with Gasteiger partial charge in [-0.15, -0.1) is 0 Å². The first-order chi connectivity index (χ1) is 12.5. The van der Waals surface area contributed by atoms with E-state index in [0.717, 1.165) is 11.3 Å². The van der Waals surface area contributed by atoms with Crippen molar-refractivity contribution in [2.75, 3.05) is 37.4 Å². The van der Waals surface area contributed by atoms with Crippen molar-refractivity contribution in [1.29, 1.82) is 0 Å². The third-order valence-corrected chi connectivity index (χ3v) is 3.86. The number of anilines is 2. The fourth-order valence-corrected chi connectivity index (χ4v) is 2.55. The van der Waals surface area contributed by atoms with Crippen LogP contribution in [0.5, 0.6) is 5.75 Å². The molecule has 0 fully saturated rings. The van der Waals surface area contributed by atoms with E-state index in [9.17, 15) is 9.59 Å². The van der Waals surface area contributed by atoms with Crippen LogP contribution < -0.4 is 15.4 Å². The van der Waals surface area contributed by atoms with Gasteiger partial charge in [0.25, 0.3) is 0 Å². The Morgan fingerprint density at radius 3 is 2.35 bits per heavy atom. The molecule has 0 aliphatic rings. The first kappa shape index (κ1) is 19.5. The van der Waals surface area contributed by atoms with Crippen molar-refractivity contribution in [3.63, 3.8) is 0 Å². The van der Waals surface area contributed by atoms with Crippen LogP contribution in [0.2, 0.25) is 0 Å². The van der Waals surface area contributed by atoms with Crippen molar-refractivity contribution < 1.29 is 14.3 Å². The molecule has 0 unspecified atom stereocenters. The molecule has 0 radical (unpaired) electrons. The number of hydrogen-bond acceptors (Lipinski definition) is 4. The molecule has 0 aliphatic heterocycles. The van der Waals surface area contributed by atoms with Gasteiger partial charge in [0.05, 0.1) is 25.9 Å². The minimum absolute atomic E-state index is 0.121. The lowest BCUT2D eigenvalue weighted by Gasteiger charge is -2.20. The van der Waals surface area contributed by atoms with Gasteiger partial charge in [-0.3, -0.25) is 14.5 Å². The molecule has 0 saturated heterocycles. The van der Waals surface area contributed by atoms with Crippen molar-refractivity contribution in [1.82, 2.24) is 4.90 Å². The molecule has 0 spiro atoms. The molecule has 26 heavy (non-hydrogen) atoms. The van der Waals surface area contributed by atoms with Gasteiger partial charge in [0.1, 0.15) is 5.75 Å². The van der Waals surface area contributed by atoms with Crippen molar-refractivity contribution in [3.05, 3.63) is 54.1 Å². The highest BCUT2D eigenvalue weighted by Gasteiger charge is 2.14. The number of benzene rings is 2. The average Bonchev–Trinajstić information content (AvgIpc) is 2.61. The van der Waals surface area contributed by atoms with E-state index >= 15 is 0 Å². The van der Waals surface area contributed by atoms with Gasteiger partial charge in [-0.1, -0.05) is 31.2 Å². The van der Waals surface area contributed by atoms with Crippen LogP contribution in [0.4, 0.5) is 11.4 Å². The number of methoxy groups -OCH3 is 1. The van der Waals surface area contributed by atoms with Gasteiger partial charge in [0.15, 0.2) is 0 Å². The second-order valence-corrected chi connectivity index (χ2v) is 5.97. The predicted octanol–water partition coefficient (Wildman–Crippen LogP) is 2.90. The summed E-state index contributed by atoms with van der Waals surface area (Å²) >= 11 is 0. The maximum absolute atomic E-state index is 12.3. The molecule has 2 amide bonds. The number of likely N-dealkylation sites (N-methyl/N-ethyl adjacent to an activating group) is 1. The molecular formula is C20H25N3O3. The normalized spacial score (nSPS) is 10.5. The average molecular weight is 355 g/mol. The monoisotopic (exact) mass is 355 g/mol. The first-order valence-corrected chi connectivity index (χ1v) is 8.53. The highest BCUT2D eigenvalue weighted by Crippen LogP contribution is 2.22. The molecule has 6 nitrogen and oxygen atoms in total. The summed E-state index contributed by atoms with van der Waals surface area (Å²) in [6.07, 6.45) is 0. The van der Waals surface area contributed by atoms with Crippen molar-refractivity contribution in [2.24, 2.45) is 0 Å². The van der Waals surface area contributed by atoms with Gasteiger partial charge < -0.3 is 15.4 Å². The Kier molecular flexibility index (Phi) is 7.17. The van der Waals surface area contributed by atoms with Crippen molar-refractivity contribution >= 4 is 23.2 Å². The maximum Gasteiger partial charge on any atom is 0.238 e. The molecule has 6 heteroatoms. The lowest BCUT2D eigenvalue weighted by atomic mass is 10.2. The van der Waals surface area contributed by atoms with E-state index in [-0.39, 0.29) is 24.9 Å². The van der Waals surface area contributed by atoms with Gasteiger partial charge in [-0.05, 0) is 43.3 Å². The first-order valence-electron chi connectivity index (χ1n) is 8.53. The zero-order valence-electron chi connectivity index (χ0n) is 15.4. The molecule has 0 saturated carbocycles. The number of hydrogen-bond donors (Lipinski definition) is 2. The van der Waals surface area contributed by atoms with Crippen LogP contribution in [-0.4, -0.2) is 43.5 Å². The fraction of sp³-hybridized carbons (Fsp3) is 0.300. The quantitative estimate of drug-likeness (QED) is 0.764. The Balaban J connectivity index is 1.89. The Labute approximate surface area is 154 Å². The van der Waals surface area contributed by atoms with Crippen LogP contribution in [0.1, 0.15) is 12.5 Å². The number of para-hydroxylation sites is 2. The van der Waals surface area contributed by atoms with Crippen LogP contribution in [0.15, 0.2) is 48.5 Å². The van der Waals surface area contributed by atoms with Crippen LogP contribution in [0.3, 0.4) is 0 Å². The van der Waals surface area contributed by atoms with Gasteiger partial charge in [-0.2, -0.15) is 0 Å². The lowest BCUT2D eigenvalue weighted by molar-refractivity contribution is -0.119. The van der Waals surface area contributed by atoms with E-state index in [2.05, 4.69) is 10.6 Å². The lowest BCUT2D eigenvalue weighted by Crippen LogP contribution is -2.38. The Hall–Kier alpha value is -2.86. The van der Waals surface area contributed by atoms with E-state index in [1.165, 1.54) is 0 Å². The molecule has 2 aromatic carbocycles. The van der Waals surface area contributed by atoms with Gasteiger partial charge in [0.2, 0.25) is 11.8 Å². The van der Waals surface area contributed by atoms with Crippen LogP contribution in [0, 0.1) is 6.92 Å². The predicted molar refractivity (Wildman–Crippen MR) is 104 cm³/mol. The summed E-state index contributed by atoms with van der Waals surface area (Å²) in [7, 11) is 1.55. The molecule has 0 atom stereocenters. The number of aryl methyl sites for hydroxylation is 1. The number of carbonyl (C=O) groups excluding carboxylic acids is 2. The Morgan fingerprint density at radius 2 is 1.69 bits per heavy atom. The highest BCUT2D eigenvalue weighted by atomic mass is 16.5. The molecule has 2 aromatic rings. The number of rotatable bonds is 8. The topological polar surface area (TPSA) is 70.7 Å². The number of amides is 2. The zero-order valence-corrected chi connectivity index (χ0v) is 15.4. The van der Waals surface area contributed by atoms with E-state index in [1.807, 2.05) is 50.2 Å². The summed E-state index contributed by atoms with van der Waals surface area (Å²) in [6, 6.07) is 14.8. The molecule has 0 aromatic heterocycles. The second-order valence-electron chi connectivity index (χ2n) is 5.97. The second kappa shape index (κ2) is 9.58. The minimum Gasteiger partial charge on any atom is -0.495 e. The summed E-state index contributed by atoms with van der Waals surface area (Å²) in [6.45, 7) is 4.73. The van der Waals surface area contributed by atoms with E-state index in [1.54, 1.807) is 24.1 Å².